The molecule has 0 aliphatic heterocycles. The summed E-state index contributed by atoms with van der Waals surface area (Å²) in [5, 5.41) is 9.62. The quantitative estimate of drug-likeness (QED) is 0.549. The van der Waals surface area contributed by atoms with Gasteiger partial charge in [-0.1, -0.05) is 35.0 Å². The molecule has 1 aromatic heterocycles. The van der Waals surface area contributed by atoms with Crippen molar-refractivity contribution in [3.05, 3.63) is 65.0 Å². The SMILES string of the molecule is Cc1ccccc1OCC(=O)NCCNC(=O)c1nc(-c2ccc(Cl)cc2)no1. The third-order valence-corrected chi connectivity index (χ3v) is 4.16. The van der Waals surface area contributed by atoms with E-state index in [0.717, 1.165) is 5.56 Å². The van der Waals surface area contributed by atoms with E-state index in [1.165, 1.54) is 0 Å². The molecule has 0 fully saturated rings. The Kier molecular flexibility index (Phi) is 6.80. The molecule has 150 valence electrons. The molecule has 9 heteroatoms. The Morgan fingerprint density at radius 1 is 1.07 bits per heavy atom. The number of rotatable bonds is 8. The van der Waals surface area contributed by atoms with E-state index in [9.17, 15) is 9.59 Å². The average molecular weight is 415 g/mol. The van der Waals surface area contributed by atoms with Crippen molar-refractivity contribution in [2.45, 2.75) is 6.92 Å². The second kappa shape index (κ2) is 9.70. The topological polar surface area (TPSA) is 106 Å². The fourth-order valence-corrected chi connectivity index (χ4v) is 2.52. The Morgan fingerprint density at radius 2 is 1.79 bits per heavy atom. The molecule has 0 saturated carbocycles. The number of benzene rings is 2. The maximum atomic E-state index is 12.1. The van der Waals surface area contributed by atoms with Gasteiger partial charge >= 0.3 is 11.8 Å². The first kappa shape index (κ1) is 20.3. The third kappa shape index (κ3) is 5.79. The van der Waals surface area contributed by atoms with E-state index >= 15 is 0 Å². The van der Waals surface area contributed by atoms with Crippen LogP contribution in [0, 0.1) is 6.92 Å². The van der Waals surface area contributed by atoms with Crippen molar-refractivity contribution in [3.63, 3.8) is 0 Å². The van der Waals surface area contributed by atoms with Crippen molar-refractivity contribution in [2.75, 3.05) is 19.7 Å². The molecule has 2 aromatic carbocycles. The predicted octanol–water partition coefficient (Wildman–Crippen LogP) is 2.62. The Labute approximate surface area is 172 Å². The summed E-state index contributed by atoms with van der Waals surface area (Å²) in [4.78, 5) is 28.0. The molecule has 0 spiro atoms. The number of amides is 2. The van der Waals surface area contributed by atoms with Crippen molar-refractivity contribution in [3.8, 4) is 17.1 Å². The summed E-state index contributed by atoms with van der Waals surface area (Å²) in [5.74, 6) is -0.0325. The molecule has 8 nitrogen and oxygen atoms in total. The molecule has 0 aliphatic carbocycles. The molecular formula is C20H19ClN4O4. The zero-order chi connectivity index (χ0) is 20.6. The minimum atomic E-state index is -0.525. The number of para-hydroxylation sites is 1. The van der Waals surface area contributed by atoms with Gasteiger partial charge in [-0.25, -0.2) is 0 Å². The van der Waals surface area contributed by atoms with E-state index in [-0.39, 0.29) is 37.3 Å². The van der Waals surface area contributed by atoms with E-state index in [2.05, 4.69) is 20.8 Å². The number of carbonyl (C=O) groups is 2. The standard InChI is InChI=1S/C20H19ClN4O4/c1-13-4-2-3-5-16(13)28-12-17(26)22-10-11-23-19(27)20-24-18(25-29-20)14-6-8-15(21)9-7-14/h2-9H,10-12H2,1H3,(H,22,26)(H,23,27). The van der Waals surface area contributed by atoms with Crippen LogP contribution in [0.25, 0.3) is 11.4 Å². The van der Waals surface area contributed by atoms with E-state index in [1.807, 2.05) is 25.1 Å². The second-order valence-corrected chi connectivity index (χ2v) is 6.53. The minimum absolute atomic E-state index is 0.104. The van der Waals surface area contributed by atoms with Crippen molar-refractivity contribution in [1.82, 2.24) is 20.8 Å². The summed E-state index contributed by atoms with van der Waals surface area (Å²) in [6, 6.07) is 14.3. The highest BCUT2D eigenvalue weighted by molar-refractivity contribution is 6.30. The van der Waals surface area contributed by atoms with Crippen LogP contribution in [0.4, 0.5) is 0 Å². The van der Waals surface area contributed by atoms with Crippen molar-refractivity contribution in [2.24, 2.45) is 0 Å². The van der Waals surface area contributed by atoms with Gasteiger partial charge in [0.05, 0.1) is 0 Å². The number of aromatic nitrogens is 2. The maximum absolute atomic E-state index is 12.1. The van der Waals surface area contributed by atoms with Gasteiger partial charge in [-0.3, -0.25) is 9.59 Å². The predicted molar refractivity (Wildman–Crippen MR) is 107 cm³/mol. The highest BCUT2D eigenvalue weighted by Gasteiger charge is 2.15. The molecule has 0 atom stereocenters. The van der Waals surface area contributed by atoms with Crippen LogP contribution < -0.4 is 15.4 Å². The Bertz CT molecular complexity index is 988. The van der Waals surface area contributed by atoms with Gasteiger partial charge in [0.2, 0.25) is 5.82 Å². The van der Waals surface area contributed by atoms with E-state index in [4.69, 9.17) is 20.9 Å². The molecule has 3 rings (SSSR count). The van der Waals surface area contributed by atoms with Gasteiger partial charge in [0, 0.05) is 23.7 Å². The van der Waals surface area contributed by atoms with E-state index in [0.29, 0.717) is 16.3 Å². The van der Waals surface area contributed by atoms with E-state index < -0.39 is 5.91 Å². The number of hydrogen-bond donors (Lipinski definition) is 2. The van der Waals surface area contributed by atoms with Crippen molar-refractivity contribution < 1.29 is 18.8 Å². The highest BCUT2D eigenvalue weighted by Crippen LogP contribution is 2.18. The van der Waals surface area contributed by atoms with Gasteiger partial charge < -0.3 is 19.9 Å². The number of nitrogens with zero attached hydrogens (tertiary/aromatic N) is 2. The Morgan fingerprint density at radius 3 is 2.55 bits per heavy atom. The maximum Gasteiger partial charge on any atom is 0.316 e. The zero-order valence-corrected chi connectivity index (χ0v) is 16.4. The minimum Gasteiger partial charge on any atom is -0.484 e. The summed E-state index contributed by atoms with van der Waals surface area (Å²) < 4.78 is 10.4. The number of carbonyl (C=O) groups excluding carboxylic acids is 2. The normalized spacial score (nSPS) is 10.4. The van der Waals surface area contributed by atoms with Crippen LogP contribution >= 0.6 is 11.6 Å². The summed E-state index contributed by atoms with van der Waals surface area (Å²) >= 11 is 5.84. The lowest BCUT2D eigenvalue weighted by atomic mass is 10.2. The van der Waals surface area contributed by atoms with Gasteiger partial charge in [-0.15, -0.1) is 0 Å². The number of aryl methyl sites for hydroxylation is 1. The van der Waals surface area contributed by atoms with Gasteiger partial charge in [-0.05, 0) is 42.8 Å². The fraction of sp³-hybridized carbons (Fsp3) is 0.200. The molecule has 29 heavy (non-hydrogen) atoms. The summed E-state index contributed by atoms with van der Waals surface area (Å²) in [5.41, 5.74) is 1.63. The Balaban J connectivity index is 1.39. The zero-order valence-electron chi connectivity index (χ0n) is 15.6. The smallest absolute Gasteiger partial charge is 0.316 e. The Hall–Kier alpha value is -3.39. The first-order valence-electron chi connectivity index (χ1n) is 8.86. The van der Waals surface area contributed by atoms with Crippen LogP contribution in [0.5, 0.6) is 5.75 Å². The lowest BCUT2D eigenvalue weighted by molar-refractivity contribution is -0.123. The van der Waals surface area contributed by atoms with Crippen LogP contribution in [-0.4, -0.2) is 41.7 Å². The van der Waals surface area contributed by atoms with Crippen LogP contribution in [0.1, 0.15) is 16.2 Å². The summed E-state index contributed by atoms with van der Waals surface area (Å²) in [7, 11) is 0. The molecule has 0 radical (unpaired) electrons. The largest absolute Gasteiger partial charge is 0.484 e. The molecule has 3 aromatic rings. The summed E-state index contributed by atoms with van der Waals surface area (Å²) in [6.07, 6.45) is 0. The molecular weight excluding hydrogens is 396 g/mol. The first-order valence-corrected chi connectivity index (χ1v) is 9.23. The van der Waals surface area contributed by atoms with Gasteiger partial charge in [0.15, 0.2) is 6.61 Å². The molecule has 0 unspecified atom stereocenters. The van der Waals surface area contributed by atoms with Crippen LogP contribution in [0.3, 0.4) is 0 Å². The number of halogens is 1. The van der Waals surface area contributed by atoms with Gasteiger partial charge in [0.25, 0.3) is 5.91 Å². The summed E-state index contributed by atoms with van der Waals surface area (Å²) in [6.45, 7) is 2.24. The van der Waals surface area contributed by atoms with Crippen LogP contribution in [0.15, 0.2) is 53.1 Å². The molecule has 0 aliphatic rings. The molecule has 2 N–H and O–H groups in total. The highest BCUT2D eigenvalue weighted by atomic mass is 35.5. The van der Waals surface area contributed by atoms with Gasteiger partial charge in [-0.2, -0.15) is 4.98 Å². The number of nitrogens with one attached hydrogen (secondary N) is 2. The van der Waals surface area contributed by atoms with Crippen molar-refractivity contribution in [1.29, 1.82) is 0 Å². The van der Waals surface area contributed by atoms with Crippen molar-refractivity contribution >= 4 is 23.4 Å². The lowest BCUT2D eigenvalue weighted by Gasteiger charge is -2.09. The van der Waals surface area contributed by atoms with E-state index in [1.54, 1.807) is 30.3 Å². The number of hydrogen-bond acceptors (Lipinski definition) is 6. The number of ether oxygens (including phenoxy) is 1. The second-order valence-electron chi connectivity index (χ2n) is 6.09. The average Bonchev–Trinajstić information content (AvgIpc) is 3.21. The molecule has 2 amide bonds. The third-order valence-electron chi connectivity index (χ3n) is 3.91. The lowest BCUT2D eigenvalue weighted by Crippen LogP contribution is -2.36. The molecule has 0 bridgehead atoms. The first-order chi connectivity index (χ1) is 14.0. The molecule has 0 saturated heterocycles. The molecule has 1 heterocycles. The van der Waals surface area contributed by atoms with Crippen LogP contribution in [0.2, 0.25) is 5.02 Å². The monoisotopic (exact) mass is 414 g/mol. The van der Waals surface area contributed by atoms with Crippen LogP contribution in [-0.2, 0) is 4.79 Å². The fourth-order valence-electron chi connectivity index (χ4n) is 2.40. The van der Waals surface area contributed by atoms with Gasteiger partial charge in [0.1, 0.15) is 5.75 Å².